The minimum absolute atomic E-state index is 0. The fraction of sp³-hybridized carbons (Fsp3) is 0.588. The van der Waals surface area contributed by atoms with Crippen LogP contribution in [0, 0.1) is 6.92 Å². The van der Waals surface area contributed by atoms with E-state index in [0.717, 1.165) is 39.0 Å². The van der Waals surface area contributed by atoms with Gasteiger partial charge in [-0.2, -0.15) is 0 Å². The van der Waals surface area contributed by atoms with Gasteiger partial charge in [0.05, 0.1) is 6.54 Å². The van der Waals surface area contributed by atoms with Gasteiger partial charge in [-0.3, -0.25) is 14.6 Å². The lowest BCUT2D eigenvalue weighted by Gasteiger charge is -2.37. The number of aryl methyl sites for hydroxylation is 1. The van der Waals surface area contributed by atoms with Crippen LogP contribution >= 0.6 is 12.4 Å². The Morgan fingerprint density at radius 3 is 2.50 bits per heavy atom. The first-order chi connectivity index (χ1) is 10.1. The zero-order chi connectivity index (χ0) is 15.2. The highest BCUT2D eigenvalue weighted by Gasteiger charge is 2.25. The highest BCUT2D eigenvalue weighted by atomic mass is 35.5. The number of piperidine rings is 1. The number of likely N-dealkylation sites (N-methyl/N-ethyl adjacent to an activating group) is 1. The van der Waals surface area contributed by atoms with E-state index < -0.39 is 5.97 Å². The smallest absolute Gasteiger partial charge is 0.317 e. The molecule has 0 saturated carbocycles. The molecule has 4 nitrogen and oxygen atoms in total. The highest BCUT2D eigenvalue weighted by molar-refractivity contribution is 5.85. The lowest BCUT2D eigenvalue weighted by atomic mass is 10.0. The fourth-order valence-electron chi connectivity index (χ4n) is 3.14. The quantitative estimate of drug-likeness (QED) is 0.873. The summed E-state index contributed by atoms with van der Waals surface area (Å²) in [6.07, 6.45) is 2.13. The van der Waals surface area contributed by atoms with Crippen molar-refractivity contribution in [2.75, 3.05) is 26.2 Å². The van der Waals surface area contributed by atoms with Crippen molar-refractivity contribution in [3.05, 3.63) is 35.4 Å². The van der Waals surface area contributed by atoms with Crippen LogP contribution in [-0.4, -0.2) is 53.1 Å². The molecule has 1 aromatic carbocycles. The van der Waals surface area contributed by atoms with Gasteiger partial charge in [0.25, 0.3) is 0 Å². The second kappa shape index (κ2) is 9.13. The summed E-state index contributed by atoms with van der Waals surface area (Å²) in [6.45, 7) is 8.29. The number of rotatable bonds is 6. The van der Waals surface area contributed by atoms with Crippen LogP contribution in [-0.2, 0) is 11.3 Å². The Morgan fingerprint density at radius 1 is 1.32 bits per heavy atom. The Morgan fingerprint density at radius 2 is 1.95 bits per heavy atom. The van der Waals surface area contributed by atoms with E-state index in [2.05, 4.69) is 41.0 Å². The molecule has 0 unspecified atom stereocenters. The monoisotopic (exact) mass is 326 g/mol. The van der Waals surface area contributed by atoms with Crippen LogP contribution in [0.2, 0.25) is 0 Å². The Kier molecular flexibility index (Phi) is 7.87. The second-order valence-electron chi connectivity index (χ2n) is 5.89. The van der Waals surface area contributed by atoms with E-state index in [0.29, 0.717) is 6.04 Å². The molecule has 2 rings (SSSR count). The van der Waals surface area contributed by atoms with Crippen molar-refractivity contribution in [3.8, 4) is 0 Å². The highest BCUT2D eigenvalue weighted by Crippen LogP contribution is 2.19. The Hall–Kier alpha value is -1.10. The summed E-state index contributed by atoms with van der Waals surface area (Å²) < 4.78 is 0. The van der Waals surface area contributed by atoms with Gasteiger partial charge in [0.15, 0.2) is 0 Å². The first kappa shape index (κ1) is 18.9. The van der Waals surface area contributed by atoms with Crippen molar-refractivity contribution >= 4 is 18.4 Å². The fourth-order valence-corrected chi connectivity index (χ4v) is 3.14. The molecule has 22 heavy (non-hydrogen) atoms. The van der Waals surface area contributed by atoms with Gasteiger partial charge in [-0.05, 0) is 50.5 Å². The number of carboxylic acid groups (broad SMARTS) is 1. The van der Waals surface area contributed by atoms with E-state index in [9.17, 15) is 4.79 Å². The number of nitrogens with zero attached hydrogens (tertiary/aromatic N) is 2. The number of carbonyl (C=O) groups is 1. The maximum atomic E-state index is 10.9. The van der Waals surface area contributed by atoms with Crippen molar-refractivity contribution in [2.45, 2.75) is 39.3 Å². The number of halogens is 1. The van der Waals surface area contributed by atoms with Crippen LogP contribution in [0.25, 0.3) is 0 Å². The number of hydrogen-bond donors (Lipinski definition) is 1. The van der Waals surface area contributed by atoms with Gasteiger partial charge in [0.2, 0.25) is 0 Å². The maximum Gasteiger partial charge on any atom is 0.317 e. The molecule has 124 valence electrons. The van der Waals surface area contributed by atoms with Crippen LogP contribution in [0.5, 0.6) is 0 Å². The van der Waals surface area contributed by atoms with E-state index in [1.807, 2.05) is 6.92 Å². The molecular formula is C17H27ClN2O2. The van der Waals surface area contributed by atoms with Crippen LogP contribution in [0.3, 0.4) is 0 Å². The molecule has 0 spiro atoms. The minimum Gasteiger partial charge on any atom is -0.480 e. The van der Waals surface area contributed by atoms with E-state index >= 15 is 0 Å². The molecule has 0 aliphatic carbocycles. The van der Waals surface area contributed by atoms with Crippen molar-refractivity contribution in [2.24, 2.45) is 0 Å². The molecule has 0 atom stereocenters. The molecule has 0 radical (unpaired) electrons. The molecule has 1 N–H and O–H groups in total. The van der Waals surface area contributed by atoms with Crippen molar-refractivity contribution in [1.29, 1.82) is 0 Å². The van der Waals surface area contributed by atoms with Gasteiger partial charge < -0.3 is 5.11 Å². The number of aliphatic carboxylic acids is 1. The Labute approximate surface area is 139 Å². The maximum absolute atomic E-state index is 10.9. The number of benzene rings is 1. The largest absolute Gasteiger partial charge is 0.480 e. The average Bonchev–Trinajstić information content (AvgIpc) is 2.48. The number of carboxylic acids is 1. The summed E-state index contributed by atoms with van der Waals surface area (Å²) in [5, 5.41) is 8.97. The lowest BCUT2D eigenvalue weighted by Crippen LogP contribution is -2.46. The third-order valence-corrected chi connectivity index (χ3v) is 4.47. The topological polar surface area (TPSA) is 43.8 Å². The van der Waals surface area contributed by atoms with Crippen LogP contribution in [0.4, 0.5) is 0 Å². The third kappa shape index (κ3) is 5.27. The van der Waals surface area contributed by atoms with Gasteiger partial charge in [-0.25, -0.2) is 0 Å². The predicted octanol–water partition coefficient (Wildman–Crippen LogP) is 2.79. The van der Waals surface area contributed by atoms with E-state index in [-0.39, 0.29) is 19.0 Å². The Bertz CT molecular complexity index is 473. The molecule has 0 bridgehead atoms. The van der Waals surface area contributed by atoms with Gasteiger partial charge in [0.1, 0.15) is 0 Å². The summed E-state index contributed by atoms with van der Waals surface area (Å²) in [7, 11) is 0. The van der Waals surface area contributed by atoms with Gasteiger partial charge in [-0.15, -0.1) is 12.4 Å². The summed E-state index contributed by atoms with van der Waals surface area (Å²) in [5.41, 5.74) is 2.74. The van der Waals surface area contributed by atoms with E-state index in [1.54, 1.807) is 0 Å². The van der Waals surface area contributed by atoms with Crippen LogP contribution < -0.4 is 0 Å². The molecule has 1 heterocycles. The first-order valence-corrected chi connectivity index (χ1v) is 7.83. The van der Waals surface area contributed by atoms with E-state index in [1.165, 1.54) is 11.1 Å². The average molecular weight is 327 g/mol. The van der Waals surface area contributed by atoms with Gasteiger partial charge >= 0.3 is 5.97 Å². The number of likely N-dealkylation sites (tertiary alicyclic amines) is 1. The van der Waals surface area contributed by atoms with Crippen LogP contribution in [0.15, 0.2) is 24.3 Å². The van der Waals surface area contributed by atoms with Crippen molar-refractivity contribution in [1.82, 2.24) is 9.80 Å². The molecule has 1 saturated heterocycles. The van der Waals surface area contributed by atoms with Crippen molar-refractivity contribution in [3.63, 3.8) is 0 Å². The second-order valence-corrected chi connectivity index (χ2v) is 5.89. The summed E-state index contributed by atoms with van der Waals surface area (Å²) >= 11 is 0. The molecule has 1 fully saturated rings. The molecule has 1 aliphatic heterocycles. The lowest BCUT2D eigenvalue weighted by molar-refractivity contribution is -0.139. The summed E-state index contributed by atoms with van der Waals surface area (Å²) in [6, 6.07) is 8.95. The zero-order valence-corrected chi connectivity index (χ0v) is 14.3. The molecular weight excluding hydrogens is 300 g/mol. The van der Waals surface area contributed by atoms with Crippen LogP contribution in [0.1, 0.15) is 30.9 Å². The van der Waals surface area contributed by atoms with E-state index in [4.69, 9.17) is 5.11 Å². The molecule has 0 aromatic heterocycles. The zero-order valence-electron chi connectivity index (χ0n) is 13.5. The standard InChI is InChI=1S/C17H26N2O2.ClH/c1-3-19(13-17(20)21)16-8-10-18(11-9-16)12-15-7-5-4-6-14(15)2;/h4-7,16H,3,8-13H2,1-2H3,(H,20,21);1H. The van der Waals surface area contributed by atoms with Crippen molar-refractivity contribution < 1.29 is 9.90 Å². The van der Waals surface area contributed by atoms with Gasteiger partial charge in [-0.1, -0.05) is 31.2 Å². The third-order valence-electron chi connectivity index (χ3n) is 4.47. The molecule has 1 aliphatic rings. The minimum atomic E-state index is -0.723. The molecule has 5 heteroatoms. The Balaban J connectivity index is 0.00000242. The summed E-state index contributed by atoms with van der Waals surface area (Å²) in [5.74, 6) is -0.723. The van der Waals surface area contributed by atoms with Gasteiger partial charge in [0, 0.05) is 12.6 Å². The summed E-state index contributed by atoms with van der Waals surface area (Å²) in [4.78, 5) is 15.5. The molecule has 0 amide bonds. The predicted molar refractivity (Wildman–Crippen MR) is 91.6 cm³/mol. The molecule has 1 aromatic rings. The number of hydrogen-bond acceptors (Lipinski definition) is 3. The first-order valence-electron chi connectivity index (χ1n) is 7.83. The SMILES string of the molecule is CCN(CC(=O)O)C1CCN(Cc2ccccc2C)CC1.Cl. The normalized spacial score (nSPS) is 16.5.